The number of hydrogen-bond donors (Lipinski definition) is 2. The van der Waals surface area contributed by atoms with E-state index in [2.05, 4.69) is 41.8 Å². The largest absolute Gasteiger partial charge is 0.290 e. The van der Waals surface area contributed by atoms with Gasteiger partial charge < -0.3 is 0 Å². The number of halogens is 2. The number of rotatable bonds is 3. The fraction of sp³-hybridized carbons (Fsp3) is 0.200. The Hall–Kier alpha value is -2.03. The molecule has 2 aromatic rings. The Morgan fingerprint density at radius 1 is 1.68 bits per heavy atom. The van der Waals surface area contributed by atoms with E-state index in [-0.39, 0.29) is 11.3 Å². The summed E-state index contributed by atoms with van der Waals surface area (Å²) in [5, 5.41) is 13.8. The molecule has 0 aliphatic carbocycles. The summed E-state index contributed by atoms with van der Waals surface area (Å²) in [6, 6.07) is 0. The second-order valence-electron chi connectivity index (χ2n) is 3.71. The topological polar surface area (TPSA) is 88.0 Å². The van der Waals surface area contributed by atoms with Crippen LogP contribution in [-0.2, 0) is 7.05 Å². The molecule has 0 bridgehead atoms. The van der Waals surface area contributed by atoms with Crippen molar-refractivity contribution in [1.82, 2.24) is 25.4 Å². The van der Waals surface area contributed by atoms with Crippen molar-refractivity contribution in [3.05, 3.63) is 33.6 Å². The zero-order valence-corrected chi connectivity index (χ0v) is 11.7. The molecule has 0 saturated carbocycles. The highest BCUT2D eigenvalue weighted by Crippen LogP contribution is 2.12. The van der Waals surface area contributed by atoms with Crippen LogP contribution in [0.3, 0.4) is 0 Å². The summed E-state index contributed by atoms with van der Waals surface area (Å²) in [7, 11) is 1.49. The Labute approximate surface area is 116 Å². The van der Waals surface area contributed by atoms with Gasteiger partial charge in [0.1, 0.15) is 5.69 Å². The number of aryl methyl sites for hydroxylation is 2. The van der Waals surface area contributed by atoms with E-state index in [9.17, 15) is 9.18 Å². The van der Waals surface area contributed by atoms with Crippen molar-refractivity contribution in [3.63, 3.8) is 0 Å². The third-order valence-corrected chi connectivity index (χ3v) is 2.98. The van der Waals surface area contributed by atoms with Gasteiger partial charge in [0.05, 0.1) is 28.1 Å². The standard InChI is InChI=1S/C10H10BrFN6O/c1-5-6(9(12)18(2)17-5)3-13-16-10(19)8-7(11)4-14-15-8/h3-4H,1-2H3,(H,14,15)(H,16,19). The third-order valence-electron chi connectivity index (χ3n) is 2.38. The normalized spacial score (nSPS) is 11.2. The fourth-order valence-corrected chi connectivity index (χ4v) is 1.81. The van der Waals surface area contributed by atoms with Crippen LogP contribution in [-0.4, -0.2) is 32.1 Å². The van der Waals surface area contributed by atoms with Crippen molar-refractivity contribution in [1.29, 1.82) is 0 Å². The monoisotopic (exact) mass is 328 g/mol. The van der Waals surface area contributed by atoms with Crippen molar-refractivity contribution in [2.45, 2.75) is 6.92 Å². The van der Waals surface area contributed by atoms with E-state index in [1.54, 1.807) is 6.92 Å². The van der Waals surface area contributed by atoms with Crippen LogP contribution < -0.4 is 5.43 Å². The van der Waals surface area contributed by atoms with Gasteiger partial charge in [-0.05, 0) is 22.9 Å². The maximum atomic E-state index is 13.6. The van der Waals surface area contributed by atoms with Gasteiger partial charge in [0.15, 0.2) is 0 Å². The molecule has 0 spiro atoms. The van der Waals surface area contributed by atoms with Crippen molar-refractivity contribution in [3.8, 4) is 0 Å². The number of carbonyl (C=O) groups is 1. The maximum Gasteiger partial charge on any atom is 0.290 e. The van der Waals surface area contributed by atoms with E-state index in [0.717, 1.165) is 4.68 Å². The molecule has 2 heterocycles. The highest BCUT2D eigenvalue weighted by molar-refractivity contribution is 9.10. The van der Waals surface area contributed by atoms with Gasteiger partial charge in [-0.3, -0.25) is 9.89 Å². The average molecular weight is 329 g/mol. The van der Waals surface area contributed by atoms with E-state index < -0.39 is 11.9 Å². The van der Waals surface area contributed by atoms with Crippen molar-refractivity contribution in [2.24, 2.45) is 12.1 Å². The summed E-state index contributed by atoms with van der Waals surface area (Å²) in [6.07, 6.45) is 2.66. The molecule has 7 nitrogen and oxygen atoms in total. The molecule has 0 aliphatic heterocycles. The predicted molar refractivity (Wildman–Crippen MR) is 69.3 cm³/mol. The first-order chi connectivity index (χ1) is 9.00. The number of hydrazone groups is 1. The van der Waals surface area contributed by atoms with Gasteiger partial charge >= 0.3 is 0 Å². The Bertz CT molecular complexity index is 646. The molecule has 0 radical (unpaired) electrons. The molecule has 0 saturated heterocycles. The minimum absolute atomic E-state index is 0.228. The third kappa shape index (κ3) is 2.70. The summed E-state index contributed by atoms with van der Waals surface area (Å²) in [4.78, 5) is 11.7. The van der Waals surface area contributed by atoms with Crippen LogP contribution in [0.2, 0.25) is 0 Å². The number of hydrogen-bond acceptors (Lipinski definition) is 4. The highest BCUT2D eigenvalue weighted by Gasteiger charge is 2.12. The summed E-state index contributed by atoms with van der Waals surface area (Å²) in [5.41, 5.74) is 3.22. The van der Waals surface area contributed by atoms with Crippen LogP contribution in [0, 0.1) is 12.9 Å². The Morgan fingerprint density at radius 2 is 2.42 bits per heavy atom. The minimum atomic E-state index is -0.516. The van der Waals surface area contributed by atoms with Gasteiger partial charge in [0.2, 0.25) is 5.95 Å². The van der Waals surface area contributed by atoms with E-state index in [4.69, 9.17) is 0 Å². The van der Waals surface area contributed by atoms with Gasteiger partial charge in [0.25, 0.3) is 5.91 Å². The van der Waals surface area contributed by atoms with Crippen LogP contribution in [0.5, 0.6) is 0 Å². The molecule has 100 valence electrons. The number of H-pyrrole nitrogens is 1. The molecule has 0 unspecified atom stereocenters. The maximum absolute atomic E-state index is 13.6. The lowest BCUT2D eigenvalue weighted by Gasteiger charge is -1.96. The molecule has 9 heteroatoms. The number of carbonyl (C=O) groups excluding carboxylic acids is 1. The van der Waals surface area contributed by atoms with Gasteiger partial charge in [-0.25, -0.2) is 10.1 Å². The molecule has 2 rings (SSSR count). The smallest absolute Gasteiger partial charge is 0.272 e. The lowest BCUT2D eigenvalue weighted by atomic mass is 10.3. The molecule has 0 aliphatic rings. The second-order valence-corrected chi connectivity index (χ2v) is 4.56. The molecule has 0 atom stereocenters. The number of aromatic nitrogens is 4. The number of aromatic amines is 1. The molecule has 2 aromatic heterocycles. The Morgan fingerprint density at radius 3 is 2.95 bits per heavy atom. The van der Waals surface area contributed by atoms with Crippen LogP contribution in [0.4, 0.5) is 4.39 Å². The molecule has 0 aromatic carbocycles. The molecule has 0 fully saturated rings. The van der Waals surface area contributed by atoms with E-state index in [1.807, 2.05) is 0 Å². The van der Waals surface area contributed by atoms with Crippen molar-refractivity contribution >= 4 is 28.1 Å². The number of nitrogens with one attached hydrogen (secondary N) is 2. The zero-order chi connectivity index (χ0) is 14.0. The van der Waals surface area contributed by atoms with Crippen molar-refractivity contribution < 1.29 is 9.18 Å². The second kappa shape index (κ2) is 5.31. The van der Waals surface area contributed by atoms with Crippen LogP contribution in [0.25, 0.3) is 0 Å². The molecule has 1 amide bonds. The van der Waals surface area contributed by atoms with Crippen LogP contribution >= 0.6 is 15.9 Å². The number of amides is 1. The molecule has 2 N–H and O–H groups in total. The van der Waals surface area contributed by atoms with Crippen molar-refractivity contribution in [2.75, 3.05) is 0 Å². The van der Waals surface area contributed by atoms with Crippen LogP contribution in [0.1, 0.15) is 21.7 Å². The van der Waals surface area contributed by atoms with E-state index in [0.29, 0.717) is 10.2 Å². The average Bonchev–Trinajstić information content (AvgIpc) is 2.88. The van der Waals surface area contributed by atoms with E-state index in [1.165, 1.54) is 19.5 Å². The Kier molecular flexibility index (Phi) is 3.74. The molecular weight excluding hydrogens is 319 g/mol. The highest BCUT2D eigenvalue weighted by atomic mass is 79.9. The summed E-state index contributed by atoms with van der Waals surface area (Å²) in [5.74, 6) is -0.999. The van der Waals surface area contributed by atoms with Gasteiger partial charge in [-0.1, -0.05) is 0 Å². The van der Waals surface area contributed by atoms with Crippen LogP contribution in [0.15, 0.2) is 15.8 Å². The summed E-state index contributed by atoms with van der Waals surface area (Å²) in [6.45, 7) is 1.65. The van der Waals surface area contributed by atoms with E-state index >= 15 is 0 Å². The SMILES string of the molecule is Cc1nn(C)c(F)c1C=NNC(=O)c1[nH]ncc1Br. The first-order valence-electron chi connectivity index (χ1n) is 5.22. The van der Waals surface area contributed by atoms with Gasteiger partial charge in [0, 0.05) is 7.05 Å². The molecule has 19 heavy (non-hydrogen) atoms. The number of nitrogens with zero attached hydrogens (tertiary/aromatic N) is 4. The lowest BCUT2D eigenvalue weighted by molar-refractivity contribution is 0.0949. The minimum Gasteiger partial charge on any atom is -0.272 e. The summed E-state index contributed by atoms with van der Waals surface area (Å²) >= 11 is 3.15. The predicted octanol–water partition coefficient (Wildman–Crippen LogP) is 1.12. The fourth-order valence-electron chi connectivity index (χ4n) is 1.44. The lowest BCUT2D eigenvalue weighted by Crippen LogP contribution is -2.18. The zero-order valence-electron chi connectivity index (χ0n) is 10.1. The first-order valence-corrected chi connectivity index (χ1v) is 6.01. The Balaban J connectivity index is 2.09. The first kappa shape index (κ1) is 13.4. The van der Waals surface area contributed by atoms with Gasteiger partial charge in [-0.15, -0.1) is 0 Å². The quantitative estimate of drug-likeness (QED) is 0.653. The summed E-state index contributed by atoms with van der Waals surface area (Å²) < 4.78 is 15.2. The molecular formula is C10H10BrFN6O. The van der Waals surface area contributed by atoms with Gasteiger partial charge in [-0.2, -0.15) is 19.7 Å².